The van der Waals surface area contributed by atoms with Crippen LogP contribution in [0.15, 0.2) is 0 Å². The summed E-state index contributed by atoms with van der Waals surface area (Å²) >= 11 is 0. The van der Waals surface area contributed by atoms with Gasteiger partial charge in [-0.2, -0.15) is 4.74 Å². The summed E-state index contributed by atoms with van der Waals surface area (Å²) in [6.07, 6.45) is 0.775. The van der Waals surface area contributed by atoms with Crippen LogP contribution in [0.5, 0.6) is 0 Å². The minimum atomic E-state index is -0.634. The van der Waals surface area contributed by atoms with Gasteiger partial charge in [0, 0.05) is 6.92 Å². The summed E-state index contributed by atoms with van der Waals surface area (Å²) in [6, 6.07) is 0. The van der Waals surface area contributed by atoms with Crippen LogP contribution in [0.2, 0.25) is 0 Å². The van der Waals surface area contributed by atoms with E-state index < -0.39 is 6.17 Å². The zero-order valence-corrected chi connectivity index (χ0v) is 5.13. The number of hydroxylamine groups is 1. The maximum atomic E-state index is 10.6. The fourth-order valence-corrected chi connectivity index (χ4v) is 0.773. The summed E-state index contributed by atoms with van der Waals surface area (Å²) in [7, 11) is 0. The third-order valence-corrected chi connectivity index (χ3v) is 1.22. The van der Waals surface area contributed by atoms with E-state index in [0.717, 1.165) is 0 Å². The Kier molecular flexibility index (Phi) is 1.48. The number of carbonyl (C=O) groups excluding carboxylic acids is 1. The quantitative estimate of drug-likeness (QED) is 0.367. The monoisotopic (exact) mass is 128 g/mol. The third kappa shape index (κ3) is 1.08. The molecule has 0 aromatic carbocycles. The van der Waals surface area contributed by atoms with Crippen LogP contribution in [-0.4, -0.2) is 29.4 Å². The fourth-order valence-electron chi connectivity index (χ4n) is 0.773. The van der Waals surface area contributed by atoms with Crippen molar-refractivity contribution in [3.8, 4) is 0 Å². The Balaban J connectivity index is 2.63. The first-order chi connectivity index (χ1) is 4.22. The molecule has 4 heteroatoms. The molecule has 0 fully saturated rings. The van der Waals surface area contributed by atoms with Crippen molar-refractivity contribution in [2.75, 3.05) is 6.54 Å². The van der Waals surface area contributed by atoms with Gasteiger partial charge in [0.25, 0.3) is 6.17 Å². The number of carbonyl (C=O) groups is 1. The number of nitrogens with one attached hydrogen (secondary N) is 1. The molecule has 1 rings (SSSR count). The maximum absolute atomic E-state index is 10.6. The van der Waals surface area contributed by atoms with Crippen molar-refractivity contribution in [2.24, 2.45) is 0 Å². The lowest BCUT2D eigenvalue weighted by Crippen LogP contribution is -2.36. The van der Waals surface area contributed by atoms with E-state index in [2.05, 4.69) is 5.32 Å². The molecular formula is C5H8N2O2. The van der Waals surface area contributed by atoms with Gasteiger partial charge in [-0.05, 0) is 0 Å². The molecule has 0 aliphatic carbocycles. The Labute approximate surface area is 52.8 Å². The summed E-state index contributed by atoms with van der Waals surface area (Å²) in [6.45, 7) is 1.88. The van der Waals surface area contributed by atoms with E-state index in [1.807, 2.05) is 0 Å². The van der Waals surface area contributed by atoms with Crippen LogP contribution in [0.3, 0.4) is 0 Å². The van der Waals surface area contributed by atoms with Crippen LogP contribution in [0.4, 0.5) is 0 Å². The molecule has 0 amide bonds. The molecule has 1 aliphatic rings. The molecule has 0 saturated carbocycles. The minimum Gasteiger partial charge on any atom is -0.622 e. The highest BCUT2D eigenvalue weighted by Gasteiger charge is 2.24. The van der Waals surface area contributed by atoms with Crippen molar-refractivity contribution < 1.29 is 9.53 Å². The van der Waals surface area contributed by atoms with Crippen molar-refractivity contribution in [3.05, 3.63) is 5.21 Å². The topological polar surface area (TPSA) is 55.2 Å². The van der Waals surface area contributed by atoms with E-state index in [9.17, 15) is 10.0 Å². The van der Waals surface area contributed by atoms with Crippen LogP contribution in [-0.2, 0) is 4.79 Å². The first-order valence-electron chi connectivity index (χ1n) is 2.74. The zero-order chi connectivity index (χ0) is 6.85. The normalized spacial score (nSPS) is 25.9. The Morgan fingerprint density at radius 1 is 2.00 bits per heavy atom. The second-order valence-corrected chi connectivity index (χ2v) is 1.96. The van der Waals surface area contributed by atoms with Crippen molar-refractivity contribution >= 4 is 12.0 Å². The lowest BCUT2D eigenvalue weighted by molar-refractivity contribution is -0.477. The van der Waals surface area contributed by atoms with E-state index in [0.29, 0.717) is 11.3 Å². The Bertz CT molecular complexity index is 164. The molecule has 0 spiro atoms. The van der Waals surface area contributed by atoms with Crippen molar-refractivity contribution in [2.45, 2.75) is 13.1 Å². The van der Waals surface area contributed by atoms with Crippen LogP contribution in [0.1, 0.15) is 6.92 Å². The smallest absolute Gasteiger partial charge is 0.276 e. The van der Waals surface area contributed by atoms with Crippen LogP contribution in [0, 0.1) is 5.21 Å². The minimum absolute atomic E-state index is 0.140. The van der Waals surface area contributed by atoms with Gasteiger partial charge in [-0.3, -0.25) is 4.79 Å². The van der Waals surface area contributed by atoms with Gasteiger partial charge in [-0.15, -0.1) is 0 Å². The van der Waals surface area contributed by atoms with Crippen molar-refractivity contribution in [1.29, 1.82) is 0 Å². The number of Topliss-reactive ketones (excluding diaryl/α,β-unsaturated/α-hetero) is 1. The third-order valence-electron chi connectivity index (χ3n) is 1.22. The molecule has 9 heavy (non-hydrogen) atoms. The molecule has 50 valence electrons. The van der Waals surface area contributed by atoms with Gasteiger partial charge in [0.05, 0.1) is 6.54 Å². The molecule has 4 nitrogen and oxygen atoms in total. The fraction of sp³-hybridized carbons (Fsp3) is 0.600. The highest BCUT2D eigenvalue weighted by Crippen LogP contribution is 1.90. The molecule has 0 aromatic heterocycles. The molecule has 0 aromatic rings. The number of hydrogen-bond donors (Lipinski definition) is 1. The lowest BCUT2D eigenvalue weighted by atomic mass is 10.4. The average molecular weight is 128 g/mol. The van der Waals surface area contributed by atoms with Gasteiger partial charge in [-0.25, -0.2) is 5.32 Å². The first-order valence-corrected chi connectivity index (χ1v) is 2.74. The Hall–Kier alpha value is -0.900. The number of ketones is 1. The highest BCUT2D eigenvalue weighted by molar-refractivity contribution is 5.81. The summed E-state index contributed by atoms with van der Waals surface area (Å²) in [5, 5.41) is 13.3. The summed E-state index contributed by atoms with van der Waals surface area (Å²) < 4.78 is 0.641. The standard InChI is InChI=1S/C5H8N2O2/c1-4(8)5-6-2-3-7(5)9/h3,5-6H,2H2,1H3. The number of nitrogens with zero attached hydrogens (tertiary/aromatic N) is 1. The van der Waals surface area contributed by atoms with Gasteiger partial charge >= 0.3 is 0 Å². The Morgan fingerprint density at radius 2 is 2.67 bits per heavy atom. The lowest BCUT2D eigenvalue weighted by Gasteiger charge is -2.05. The summed E-state index contributed by atoms with van der Waals surface area (Å²) in [5.41, 5.74) is 0. The zero-order valence-electron chi connectivity index (χ0n) is 5.13. The molecular weight excluding hydrogens is 120 g/mol. The van der Waals surface area contributed by atoms with E-state index >= 15 is 0 Å². The predicted octanol–water partition coefficient (Wildman–Crippen LogP) is -0.914. The van der Waals surface area contributed by atoms with E-state index in [-0.39, 0.29) is 5.78 Å². The number of hydrogen-bond acceptors (Lipinski definition) is 3. The van der Waals surface area contributed by atoms with Gasteiger partial charge in [0.1, 0.15) is 0 Å². The maximum Gasteiger partial charge on any atom is 0.276 e. The van der Waals surface area contributed by atoms with E-state index in [1.165, 1.54) is 13.1 Å². The molecule has 0 radical (unpaired) electrons. The molecule has 1 aliphatic heterocycles. The predicted molar refractivity (Wildman–Crippen MR) is 32.2 cm³/mol. The molecule has 1 heterocycles. The second kappa shape index (κ2) is 2.14. The first kappa shape index (κ1) is 6.22. The van der Waals surface area contributed by atoms with Crippen molar-refractivity contribution in [1.82, 2.24) is 5.32 Å². The molecule has 1 atom stereocenters. The summed E-state index contributed by atoms with van der Waals surface area (Å²) in [5.74, 6) is -0.140. The van der Waals surface area contributed by atoms with Gasteiger partial charge in [0.15, 0.2) is 6.21 Å². The summed E-state index contributed by atoms with van der Waals surface area (Å²) in [4.78, 5) is 10.5. The van der Waals surface area contributed by atoms with Gasteiger partial charge in [-0.1, -0.05) is 0 Å². The average Bonchev–Trinajstić information content (AvgIpc) is 2.13. The van der Waals surface area contributed by atoms with E-state index in [1.54, 1.807) is 0 Å². The Morgan fingerprint density at radius 3 is 2.89 bits per heavy atom. The molecule has 1 unspecified atom stereocenters. The highest BCUT2D eigenvalue weighted by atomic mass is 16.5. The van der Waals surface area contributed by atoms with Crippen LogP contribution >= 0.6 is 0 Å². The van der Waals surface area contributed by atoms with Crippen LogP contribution < -0.4 is 5.32 Å². The number of rotatable bonds is 1. The van der Waals surface area contributed by atoms with Gasteiger partial charge < -0.3 is 5.21 Å². The largest absolute Gasteiger partial charge is 0.622 e. The SMILES string of the molecule is CC(=O)C1NCC=[N+]1[O-]. The van der Waals surface area contributed by atoms with E-state index in [4.69, 9.17) is 0 Å². The van der Waals surface area contributed by atoms with Crippen LogP contribution in [0.25, 0.3) is 0 Å². The second-order valence-electron chi connectivity index (χ2n) is 1.96. The van der Waals surface area contributed by atoms with Crippen molar-refractivity contribution in [3.63, 3.8) is 0 Å². The molecule has 0 bridgehead atoms. The van der Waals surface area contributed by atoms with Gasteiger partial charge in [0.2, 0.25) is 5.78 Å². The molecule has 0 saturated heterocycles. The molecule has 1 N–H and O–H groups in total.